The highest BCUT2D eigenvalue weighted by atomic mass is 16.5. The van der Waals surface area contributed by atoms with Gasteiger partial charge in [-0.15, -0.1) is 0 Å². The first kappa shape index (κ1) is 12.4. The van der Waals surface area contributed by atoms with Gasteiger partial charge in [-0.3, -0.25) is 4.79 Å². The van der Waals surface area contributed by atoms with Gasteiger partial charge in [-0.2, -0.15) is 0 Å². The van der Waals surface area contributed by atoms with Crippen molar-refractivity contribution >= 4 is 5.97 Å². The molecular weight excluding hydrogens is 248 g/mol. The Labute approximate surface area is 120 Å². The van der Waals surface area contributed by atoms with E-state index in [1.54, 1.807) is 0 Å². The Morgan fingerprint density at radius 2 is 1.80 bits per heavy atom. The van der Waals surface area contributed by atoms with Gasteiger partial charge >= 0.3 is 5.97 Å². The molecule has 0 N–H and O–H groups in total. The van der Waals surface area contributed by atoms with Gasteiger partial charge in [-0.1, -0.05) is 30.3 Å². The molecule has 0 amide bonds. The number of benzene rings is 1. The molecule has 2 atom stereocenters. The summed E-state index contributed by atoms with van der Waals surface area (Å²) in [6.07, 6.45) is 7.38. The highest BCUT2D eigenvalue weighted by Gasteiger charge is 2.56. The zero-order valence-corrected chi connectivity index (χ0v) is 11.9. The molecule has 2 nitrogen and oxygen atoms in total. The number of esters is 1. The van der Waals surface area contributed by atoms with E-state index in [0.29, 0.717) is 18.4 Å². The van der Waals surface area contributed by atoms with Crippen LogP contribution in [0.3, 0.4) is 0 Å². The summed E-state index contributed by atoms with van der Waals surface area (Å²) in [6, 6.07) is 9.97. The molecule has 2 heteroatoms. The van der Waals surface area contributed by atoms with Crippen LogP contribution in [-0.2, 0) is 16.1 Å². The van der Waals surface area contributed by atoms with Crippen molar-refractivity contribution in [2.75, 3.05) is 0 Å². The second-order valence-corrected chi connectivity index (χ2v) is 7.29. The fourth-order valence-corrected chi connectivity index (χ4v) is 5.29. The van der Waals surface area contributed by atoms with Crippen LogP contribution in [-0.4, -0.2) is 5.97 Å². The average molecular weight is 270 g/mol. The Hall–Kier alpha value is -1.31. The maximum Gasteiger partial charge on any atom is 0.306 e. The van der Waals surface area contributed by atoms with Crippen molar-refractivity contribution in [3.63, 3.8) is 0 Å². The molecule has 1 aromatic rings. The maximum atomic E-state index is 12.2. The highest BCUT2D eigenvalue weighted by Crippen LogP contribution is 2.65. The first-order valence-corrected chi connectivity index (χ1v) is 7.92. The molecule has 0 heterocycles. The number of carbonyl (C=O) groups is 1. The molecule has 0 radical (unpaired) electrons. The molecule has 20 heavy (non-hydrogen) atoms. The summed E-state index contributed by atoms with van der Waals surface area (Å²) in [4.78, 5) is 12.2. The predicted octanol–water partition coefficient (Wildman–Crippen LogP) is 3.95. The van der Waals surface area contributed by atoms with Crippen LogP contribution >= 0.6 is 0 Å². The molecule has 2 unspecified atom stereocenters. The summed E-state index contributed by atoms with van der Waals surface area (Å²) in [7, 11) is 0. The molecule has 1 aromatic carbocycles. The van der Waals surface area contributed by atoms with Gasteiger partial charge in [0, 0.05) is 0 Å². The number of hydrogen-bond acceptors (Lipinski definition) is 2. The third-order valence-corrected chi connectivity index (χ3v) is 5.81. The second-order valence-electron chi connectivity index (χ2n) is 7.29. The van der Waals surface area contributed by atoms with Gasteiger partial charge in [-0.05, 0) is 60.8 Å². The molecule has 5 rings (SSSR count). The van der Waals surface area contributed by atoms with Crippen LogP contribution in [0.5, 0.6) is 0 Å². The van der Waals surface area contributed by atoms with Crippen LogP contribution in [0, 0.1) is 23.2 Å². The van der Waals surface area contributed by atoms with E-state index >= 15 is 0 Å². The predicted molar refractivity (Wildman–Crippen MR) is 76.8 cm³/mol. The molecule has 0 aromatic heterocycles. The van der Waals surface area contributed by atoms with Crippen molar-refractivity contribution in [2.24, 2.45) is 23.2 Å². The molecule has 4 saturated carbocycles. The van der Waals surface area contributed by atoms with Crippen molar-refractivity contribution in [1.82, 2.24) is 0 Å². The summed E-state index contributed by atoms with van der Waals surface area (Å²) < 4.78 is 5.49. The fraction of sp³-hybridized carbons (Fsp3) is 0.611. The van der Waals surface area contributed by atoms with Gasteiger partial charge in [0.05, 0.1) is 6.42 Å². The van der Waals surface area contributed by atoms with E-state index in [0.717, 1.165) is 23.3 Å². The maximum absolute atomic E-state index is 12.2. The molecule has 0 spiro atoms. The van der Waals surface area contributed by atoms with Crippen LogP contribution < -0.4 is 0 Å². The summed E-state index contributed by atoms with van der Waals surface area (Å²) in [5, 5.41) is 0. The fourth-order valence-electron chi connectivity index (χ4n) is 5.29. The lowest BCUT2D eigenvalue weighted by Crippen LogP contribution is -2.30. The van der Waals surface area contributed by atoms with Crippen molar-refractivity contribution in [2.45, 2.75) is 45.1 Å². The monoisotopic (exact) mass is 270 g/mol. The van der Waals surface area contributed by atoms with Crippen molar-refractivity contribution < 1.29 is 9.53 Å². The van der Waals surface area contributed by atoms with Gasteiger partial charge in [0.25, 0.3) is 0 Å². The Morgan fingerprint density at radius 3 is 2.45 bits per heavy atom. The first-order chi connectivity index (χ1) is 9.72. The van der Waals surface area contributed by atoms with Crippen molar-refractivity contribution in [3.05, 3.63) is 35.9 Å². The Bertz CT molecular complexity index is 488. The molecule has 0 aliphatic heterocycles. The second kappa shape index (κ2) is 4.61. The quantitative estimate of drug-likeness (QED) is 0.774. The zero-order valence-electron chi connectivity index (χ0n) is 11.9. The summed E-state index contributed by atoms with van der Waals surface area (Å²) >= 11 is 0. The number of hydrogen-bond donors (Lipinski definition) is 0. The standard InChI is InChI=1S/C18H22O2/c19-17(20-12-13-4-2-1-3-5-13)11-18-8-14-6-15(9-18)16(7-14)10-18/h1-5,14-16H,6-12H2. The summed E-state index contributed by atoms with van der Waals surface area (Å²) in [6.45, 7) is 0.423. The SMILES string of the molecule is O=C(CC12CC3CC(C1)C(C3)C2)OCc1ccccc1. The lowest BCUT2D eigenvalue weighted by Gasteiger charge is -2.37. The Balaban J connectivity index is 1.34. The van der Waals surface area contributed by atoms with Crippen LogP contribution in [0.15, 0.2) is 30.3 Å². The minimum absolute atomic E-state index is 0.0100. The van der Waals surface area contributed by atoms with Crippen LogP contribution in [0.1, 0.15) is 44.1 Å². The van der Waals surface area contributed by atoms with Crippen LogP contribution in [0.2, 0.25) is 0 Å². The van der Waals surface area contributed by atoms with Gasteiger partial charge in [0.15, 0.2) is 0 Å². The number of carbonyl (C=O) groups excluding carboxylic acids is 1. The average Bonchev–Trinajstić information content (AvgIpc) is 2.85. The van der Waals surface area contributed by atoms with E-state index in [9.17, 15) is 4.79 Å². The van der Waals surface area contributed by atoms with Crippen molar-refractivity contribution in [3.8, 4) is 0 Å². The van der Waals surface area contributed by atoms with E-state index in [2.05, 4.69) is 0 Å². The van der Waals surface area contributed by atoms with E-state index in [1.807, 2.05) is 30.3 Å². The van der Waals surface area contributed by atoms with Gasteiger partial charge in [0.1, 0.15) is 6.61 Å². The lowest BCUT2D eigenvalue weighted by molar-refractivity contribution is -0.148. The molecule has 4 aliphatic carbocycles. The molecule has 4 fully saturated rings. The minimum atomic E-state index is 0.0100. The van der Waals surface area contributed by atoms with Crippen LogP contribution in [0.25, 0.3) is 0 Å². The highest BCUT2D eigenvalue weighted by molar-refractivity contribution is 5.70. The van der Waals surface area contributed by atoms with E-state index in [1.165, 1.54) is 32.1 Å². The third-order valence-electron chi connectivity index (χ3n) is 5.81. The first-order valence-electron chi connectivity index (χ1n) is 7.92. The van der Waals surface area contributed by atoms with E-state index in [-0.39, 0.29) is 5.97 Å². The lowest BCUT2D eigenvalue weighted by atomic mass is 9.68. The molecule has 4 bridgehead atoms. The summed E-state index contributed by atoms with van der Waals surface area (Å²) in [5.74, 6) is 2.77. The Kier molecular flexibility index (Phi) is 2.87. The topological polar surface area (TPSA) is 26.3 Å². The molecule has 0 saturated heterocycles. The third kappa shape index (κ3) is 2.15. The molecular formula is C18H22O2. The minimum Gasteiger partial charge on any atom is -0.461 e. The van der Waals surface area contributed by atoms with E-state index < -0.39 is 0 Å². The number of rotatable bonds is 4. The largest absolute Gasteiger partial charge is 0.461 e. The van der Waals surface area contributed by atoms with Crippen LogP contribution in [0.4, 0.5) is 0 Å². The van der Waals surface area contributed by atoms with Gasteiger partial charge in [-0.25, -0.2) is 0 Å². The normalized spacial score (nSPS) is 37.3. The molecule has 106 valence electrons. The van der Waals surface area contributed by atoms with Crippen molar-refractivity contribution in [1.29, 1.82) is 0 Å². The Morgan fingerprint density at radius 1 is 1.10 bits per heavy atom. The van der Waals surface area contributed by atoms with Gasteiger partial charge in [0.2, 0.25) is 0 Å². The van der Waals surface area contributed by atoms with Gasteiger partial charge < -0.3 is 4.74 Å². The number of ether oxygens (including phenoxy) is 1. The zero-order chi connectivity index (χ0) is 13.6. The smallest absolute Gasteiger partial charge is 0.306 e. The molecule has 4 aliphatic rings. The van der Waals surface area contributed by atoms with E-state index in [4.69, 9.17) is 4.74 Å². The summed E-state index contributed by atoms with van der Waals surface area (Å²) in [5.41, 5.74) is 1.39.